The van der Waals surface area contributed by atoms with Crippen LogP contribution in [0.25, 0.3) is 10.9 Å². The van der Waals surface area contributed by atoms with Gasteiger partial charge in [0.05, 0.1) is 5.52 Å². The molecule has 3 rings (SSSR count). The van der Waals surface area contributed by atoms with E-state index in [0.717, 1.165) is 34.1 Å². The highest BCUT2D eigenvalue weighted by Gasteiger charge is 2.13. The van der Waals surface area contributed by atoms with Crippen molar-refractivity contribution in [1.29, 1.82) is 0 Å². The highest BCUT2D eigenvalue weighted by molar-refractivity contribution is 6.12. The van der Waals surface area contributed by atoms with Gasteiger partial charge in [-0.1, -0.05) is 37.3 Å². The SMILES string of the molecule is CCc1cccc(C)c1NC(=O)c1cccc2ncccc12. The van der Waals surface area contributed by atoms with Crippen LogP contribution in [0.4, 0.5) is 5.69 Å². The van der Waals surface area contributed by atoms with Gasteiger partial charge in [-0.15, -0.1) is 0 Å². The Morgan fingerprint density at radius 3 is 2.73 bits per heavy atom. The Bertz CT molecular complexity index is 834. The van der Waals surface area contributed by atoms with E-state index in [1.165, 1.54) is 0 Å². The normalized spacial score (nSPS) is 10.6. The summed E-state index contributed by atoms with van der Waals surface area (Å²) in [5, 5.41) is 3.94. The van der Waals surface area contributed by atoms with Gasteiger partial charge in [-0.25, -0.2) is 0 Å². The Balaban J connectivity index is 2.01. The molecular formula is C19H18N2O. The summed E-state index contributed by atoms with van der Waals surface area (Å²) >= 11 is 0. The standard InChI is InChI=1S/C19H18N2O/c1-3-14-8-4-7-13(2)18(14)21-19(22)16-9-5-11-17-15(16)10-6-12-20-17/h4-12H,3H2,1-2H3,(H,21,22). The summed E-state index contributed by atoms with van der Waals surface area (Å²) in [5.41, 5.74) is 4.61. The average Bonchev–Trinajstić information content (AvgIpc) is 2.56. The average molecular weight is 290 g/mol. The van der Waals surface area contributed by atoms with Crippen LogP contribution in [0.1, 0.15) is 28.4 Å². The second kappa shape index (κ2) is 5.98. The van der Waals surface area contributed by atoms with E-state index in [2.05, 4.69) is 17.2 Å². The van der Waals surface area contributed by atoms with Gasteiger partial charge in [0.2, 0.25) is 0 Å². The molecule has 0 aliphatic rings. The quantitative estimate of drug-likeness (QED) is 0.778. The third-order valence-corrected chi connectivity index (χ3v) is 3.87. The molecular weight excluding hydrogens is 272 g/mol. The number of pyridine rings is 1. The third kappa shape index (κ3) is 2.58. The van der Waals surface area contributed by atoms with Crippen LogP contribution in [-0.2, 0) is 6.42 Å². The number of fused-ring (bicyclic) bond motifs is 1. The lowest BCUT2D eigenvalue weighted by molar-refractivity contribution is 0.102. The van der Waals surface area contributed by atoms with E-state index in [9.17, 15) is 4.79 Å². The first-order chi connectivity index (χ1) is 10.7. The monoisotopic (exact) mass is 290 g/mol. The number of nitrogens with zero attached hydrogens (tertiary/aromatic N) is 1. The molecule has 0 aliphatic heterocycles. The minimum atomic E-state index is -0.0948. The van der Waals surface area contributed by atoms with Crippen LogP contribution in [-0.4, -0.2) is 10.9 Å². The molecule has 0 radical (unpaired) electrons. The smallest absolute Gasteiger partial charge is 0.256 e. The van der Waals surface area contributed by atoms with Gasteiger partial charge < -0.3 is 5.32 Å². The number of anilines is 1. The predicted octanol–water partition coefficient (Wildman–Crippen LogP) is 4.36. The Morgan fingerprint density at radius 1 is 1.09 bits per heavy atom. The van der Waals surface area contributed by atoms with E-state index in [-0.39, 0.29) is 5.91 Å². The van der Waals surface area contributed by atoms with E-state index in [4.69, 9.17) is 0 Å². The lowest BCUT2D eigenvalue weighted by Crippen LogP contribution is -2.14. The van der Waals surface area contributed by atoms with Gasteiger partial charge in [0.1, 0.15) is 0 Å². The highest BCUT2D eigenvalue weighted by atomic mass is 16.1. The van der Waals surface area contributed by atoms with Crippen molar-refractivity contribution in [2.24, 2.45) is 0 Å². The van der Waals surface area contributed by atoms with Crippen LogP contribution >= 0.6 is 0 Å². The van der Waals surface area contributed by atoms with Crippen molar-refractivity contribution in [2.75, 3.05) is 5.32 Å². The van der Waals surface area contributed by atoms with Gasteiger partial charge in [0, 0.05) is 22.8 Å². The predicted molar refractivity (Wildman–Crippen MR) is 90.3 cm³/mol. The molecule has 0 aliphatic carbocycles. The van der Waals surface area contributed by atoms with Crippen molar-refractivity contribution >= 4 is 22.5 Å². The second-order valence-electron chi connectivity index (χ2n) is 5.29. The maximum absolute atomic E-state index is 12.7. The molecule has 1 aromatic heterocycles. The van der Waals surface area contributed by atoms with Gasteiger partial charge in [0.25, 0.3) is 5.91 Å². The van der Waals surface area contributed by atoms with Crippen molar-refractivity contribution in [2.45, 2.75) is 20.3 Å². The molecule has 110 valence electrons. The van der Waals surface area contributed by atoms with Gasteiger partial charge in [-0.2, -0.15) is 0 Å². The Kier molecular flexibility index (Phi) is 3.88. The summed E-state index contributed by atoms with van der Waals surface area (Å²) in [7, 11) is 0. The van der Waals surface area contributed by atoms with Gasteiger partial charge in [-0.3, -0.25) is 9.78 Å². The van der Waals surface area contributed by atoms with Crippen LogP contribution < -0.4 is 5.32 Å². The lowest BCUT2D eigenvalue weighted by atomic mass is 10.0. The second-order valence-corrected chi connectivity index (χ2v) is 5.29. The molecule has 1 amide bonds. The number of carbonyl (C=O) groups excluding carboxylic acids is 1. The molecule has 0 bridgehead atoms. The molecule has 3 nitrogen and oxygen atoms in total. The Labute approximate surface area is 130 Å². The minimum absolute atomic E-state index is 0.0948. The molecule has 1 heterocycles. The Hall–Kier alpha value is -2.68. The van der Waals surface area contributed by atoms with E-state index >= 15 is 0 Å². The fraction of sp³-hybridized carbons (Fsp3) is 0.158. The highest BCUT2D eigenvalue weighted by Crippen LogP contribution is 2.23. The zero-order chi connectivity index (χ0) is 15.5. The number of hydrogen-bond donors (Lipinski definition) is 1. The zero-order valence-electron chi connectivity index (χ0n) is 12.8. The fourth-order valence-electron chi connectivity index (χ4n) is 2.68. The van der Waals surface area contributed by atoms with Crippen LogP contribution in [0.15, 0.2) is 54.7 Å². The molecule has 2 aromatic carbocycles. The number of aryl methyl sites for hydroxylation is 2. The zero-order valence-corrected chi connectivity index (χ0v) is 12.8. The fourth-order valence-corrected chi connectivity index (χ4v) is 2.68. The van der Waals surface area contributed by atoms with Crippen molar-refractivity contribution in [3.05, 3.63) is 71.4 Å². The van der Waals surface area contributed by atoms with E-state index in [1.54, 1.807) is 6.20 Å². The third-order valence-electron chi connectivity index (χ3n) is 3.87. The molecule has 0 spiro atoms. The topological polar surface area (TPSA) is 42.0 Å². The summed E-state index contributed by atoms with van der Waals surface area (Å²) in [6.45, 7) is 4.10. The maximum atomic E-state index is 12.7. The summed E-state index contributed by atoms with van der Waals surface area (Å²) < 4.78 is 0. The number of carbonyl (C=O) groups is 1. The number of rotatable bonds is 3. The van der Waals surface area contributed by atoms with E-state index in [1.807, 2.05) is 55.5 Å². The number of hydrogen-bond acceptors (Lipinski definition) is 2. The van der Waals surface area contributed by atoms with Crippen LogP contribution in [0.2, 0.25) is 0 Å². The molecule has 0 saturated heterocycles. The van der Waals surface area contributed by atoms with Crippen molar-refractivity contribution in [3.8, 4) is 0 Å². The van der Waals surface area contributed by atoms with Gasteiger partial charge in [0.15, 0.2) is 0 Å². The first-order valence-electron chi connectivity index (χ1n) is 7.44. The maximum Gasteiger partial charge on any atom is 0.256 e. The summed E-state index contributed by atoms with van der Waals surface area (Å²) in [6.07, 6.45) is 2.62. The molecule has 3 aromatic rings. The largest absolute Gasteiger partial charge is 0.321 e. The molecule has 0 fully saturated rings. The number of amides is 1. The van der Waals surface area contributed by atoms with E-state index < -0.39 is 0 Å². The molecule has 0 unspecified atom stereocenters. The Morgan fingerprint density at radius 2 is 1.91 bits per heavy atom. The molecule has 0 saturated carbocycles. The van der Waals surface area contributed by atoms with Crippen molar-refractivity contribution < 1.29 is 4.79 Å². The van der Waals surface area contributed by atoms with Gasteiger partial charge >= 0.3 is 0 Å². The summed E-state index contributed by atoms with van der Waals surface area (Å²) in [6, 6.07) is 15.5. The molecule has 1 N–H and O–H groups in total. The van der Waals surface area contributed by atoms with Crippen molar-refractivity contribution in [3.63, 3.8) is 0 Å². The summed E-state index contributed by atoms with van der Waals surface area (Å²) in [5.74, 6) is -0.0948. The number of nitrogens with one attached hydrogen (secondary N) is 1. The molecule has 0 atom stereocenters. The molecule has 3 heteroatoms. The van der Waals surface area contributed by atoms with Gasteiger partial charge in [-0.05, 0) is 42.7 Å². The summed E-state index contributed by atoms with van der Waals surface area (Å²) in [4.78, 5) is 17.0. The number of aromatic nitrogens is 1. The van der Waals surface area contributed by atoms with E-state index in [0.29, 0.717) is 5.56 Å². The number of benzene rings is 2. The van der Waals surface area contributed by atoms with Crippen molar-refractivity contribution in [1.82, 2.24) is 4.98 Å². The van der Waals surface area contributed by atoms with Crippen LogP contribution in [0.3, 0.4) is 0 Å². The lowest BCUT2D eigenvalue weighted by Gasteiger charge is -2.13. The van der Waals surface area contributed by atoms with Crippen LogP contribution in [0.5, 0.6) is 0 Å². The molecule has 22 heavy (non-hydrogen) atoms. The first kappa shape index (κ1) is 14.3. The van der Waals surface area contributed by atoms with Crippen LogP contribution in [0, 0.1) is 6.92 Å². The first-order valence-corrected chi connectivity index (χ1v) is 7.44. The number of para-hydroxylation sites is 1. The minimum Gasteiger partial charge on any atom is -0.321 e.